The van der Waals surface area contributed by atoms with Crippen molar-refractivity contribution >= 4 is 29.9 Å². The van der Waals surface area contributed by atoms with Gasteiger partial charge in [0.15, 0.2) is 5.96 Å². The van der Waals surface area contributed by atoms with Crippen LogP contribution in [0.2, 0.25) is 0 Å². The second-order valence-electron chi connectivity index (χ2n) is 6.04. The summed E-state index contributed by atoms with van der Waals surface area (Å²) in [6.45, 7) is 9.71. The third-order valence-corrected chi connectivity index (χ3v) is 4.01. The number of nitrogens with one attached hydrogen (secondary N) is 2. The molecule has 1 aromatic rings. The molecule has 0 saturated carbocycles. The van der Waals surface area contributed by atoms with E-state index in [-0.39, 0.29) is 30.1 Å². The van der Waals surface area contributed by atoms with Crippen LogP contribution in [0.25, 0.3) is 0 Å². The minimum atomic E-state index is 0. The van der Waals surface area contributed by atoms with E-state index >= 15 is 0 Å². The van der Waals surface area contributed by atoms with E-state index in [9.17, 15) is 0 Å². The van der Waals surface area contributed by atoms with Crippen LogP contribution >= 0.6 is 24.0 Å². The second-order valence-corrected chi connectivity index (χ2v) is 6.04. The largest absolute Gasteiger partial charge is 0.494 e. The molecule has 2 N–H and O–H groups in total. The van der Waals surface area contributed by atoms with E-state index < -0.39 is 0 Å². The first kappa shape index (κ1) is 22.8. The van der Waals surface area contributed by atoms with E-state index in [1.54, 1.807) is 7.05 Å². The summed E-state index contributed by atoms with van der Waals surface area (Å²) in [6.07, 6.45) is 2.11. The lowest BCUT2D eigenvalue weighted by Gasteiger charge is -2.15. The molecule has 1 aromatic carbocycles. The maximum atomic E-state index is 5.87. The van der Waals surface area contributed by atoms with Crippen LogP contribution in [0.3, 0.4) is 0 Å². The molecule has 1 unspecified atom stereocenters. The third kappa shape index (κ3) is 6.83. The standard InChI is InChI=1S/C19H31N3O3.HI/c1-5-23-9-7-8-21-19(20-4)22-13-16-12-18-15(10-14(3)25-18)11-17(16)24-6-2;/h11-12,14H,5-10,13H2,1-4H3,(H2,20,21,22);1H. The highest BCUT2D eigenvalue weighted by Gasteiger charge is 2.21. The van der Waals surface area contributed by atoms with Crippen molar-refractivity contribution in [3.8, 4) is 11.5 Å². The van der Waals surface area contributed by atoms with Crippen LogP contribution in [0.1, 0.15) is 38.3 Å². The molecule has 1 atom stereocenters. The number of benzene rings is 1. The Labute approximate surface area is 174 Å². The van der Waals surface area contributed by atoms with Gasteiger partial charge in [0.1, 0.15) is 17.6 Å². The Bertz CT molecular complexity index is 581. The molecule has 6 nitrogen and oxygen atoms in total. The van der Waals surface area contributed by atoms with Crippen LogP contribution in [-0.4, -0.2) is 45.5 Å². The molecule has 0 aliphatic carbocycles. The zero-order chi connectivity index (χ0) is 18.1. The van der Waals surface area contributed by atoms with Gasteiger partial charge in [0.25, 0.3) is 0 Å². The van der Waals surface area contributed by atoms with Gasteiger partial charge in [-0.3, -0.25) is 4.99 Å². The second kappa shape index (κ2) is 12.2. The zero-order valence-electron chi connectivity index (χ0n) is 16.3. The molecule has 0 radical (unpaired) electrons. The van der Waals surface area contributed by atoms with Gasteiger partial charge >= 0.3 is 0 Å². The average molecular weight is 477 g/mol. The number of nitrogens with zero attached hydrogens (tertiary/aromatic N) is 1. The average Bonchev–Trinajstić information content (AvgIpc) is 2.96. The summed E-state index contributed by atoms with van der Waals surface area (Å²) in [6, 6.07) is 4.19. The molecule has 0 amide bonds. The predicted molar refractivity (Wildman–Crippen MR) is 116 cm³/mol. The Kier molecular flexibility index (Phi) is 10.7. The van der Waals surface area contributed by atoms with Crippen molar-refractivity contribution in [2.24, 2.45) is 4.99 Å². The number of fused-ring (bicyclic) bond motifs is 1. The van der Waals surface area contributed by atoms with Gasteiger partial charge in [-0.1, -0.05) is 0 Å². The summed E-state index contributed by atoms with van der Waals surface area (Å²) < 4.78 is 17.0. The predicted octanol–water partition coefficient (Wildman–Crippen LogP) is 3.12. The van der Waals surface area contributed by atoms with Crippen molar-refractivity contribution < 1.29 is 14.2 Å². The molecule has 0 spiro atoms. The number of hydrogen-bond donors (Lipinski definition) is 2. The van der Waals surface area contributed by atoms with Crippen LogP contribution in [0.4, 0.5) is 0 Å². The molecule has 0 fully saturated rings. The fourth-order valence-corrected chi connectivity index (χ4v) is 2.83. The fourth-order valence-electron chi connectivity index (χ4n) is 2.83. The lowest BCUT2D eigenvalue weighted by Crippen LogP contribution is -2.37. The summed E-state index contributed by atoms with van der Waals surface area (Å²) >= 11 is 0. The van der Waals surface area contributed by atoms with E-state index in [4.69, 9.17) is 14.2 Å². The van der Waals surface area contributed by atoms with Crippen molar-refractivity contribution in [1.82, 2.24) is 10.6 Å². The molecule has 2 rings (SSSR count). The number of halogens is 1. The van der Waals surface area contributed by atoms with E-state index in [0.29, 0.717) is 13.2 Å². The first-order valence-corrected chi connectivity index (χ1v) is 9.15. The van der Waals surface area contributed by atoms with Gasteiger partial charge in [-0.25, -0.2) is 0 Å². The van der Waals surface area contributed by atoms with Crippen molar-refractivity contribution in [2.45, 2.75) is 46.3 Å². The zero-order valence-corrected chi connectivity index (χ0v) is 18.6. The van der Waals surface area contributed by atoms with Crippen molar-refractivity contribution in [2.75, 3.05) is 33.4 Å². The van der Waals surface area contributed by atoms with E-state index in [0.717, 1.165) is 55.6 Å². The topological polar surface area (TPSA) is 64.1 Å². The molecule has 0 saturated heterocycles. The van der Waals surface area contributed by atoms with Gasteiger partial charge in [0, 0.05) is 50.9 Å². The summed E-state index contributed by atoms with van der Waals surface area (Å²) in [7, 11) is 1.77. The molecule has 7 heteroatoms. The van der Waals surface area contributed by atoms with Gasteiger partial charge < -0.3 is 24.8 Å². The number of rotatable bonds is 9. The Hall–Kier alpha value is -1.22. The summed E-state index contributed by atoms with van der Waals surface area (Å²) in [5, 5.41) is 6.64. The van der Waals surface area contributed by atoms with Gasteiger partial charge in [-0.05, 0) is 39.3 Å². The monoisotopic (exact) mass is 477 g/mol. The van der Waals surface area contributed by atoms with Crippen LogP contribution < -0.4 is 20.1 Å². The quantitative estimate of drug-likeness (QED) is 0.248. The SMILES string of the molecule is CCOCCCNC(=NC)NCc1cc2c(cc1OCC)CC(C)O2.I. The minimum Gasteiger partial charge on any atom is -0.494 e. The number of ether oxygens (including phenoxy) is 3. The summed E-state index contributed by atoms with van der Waals surface area (Å²) in [5.41, 5.74) is 2.30. The van der Waals surface area contributed by atoms with Crippen LogP contribution in [0.15, 0.2) is 17.1 Å². The molecule has 1 aliphatic heterocycles. The first-order chi connectivity index (χ1) is 12.2. The van der Waals surface area contributed by atoms with E-state index in [2.05, 4.69) is 34.7 Å². The van der Waals surface area contributed by atoms with Crippen LogP contribution in [0.5, 0.6) is 11.5 Å². The highest BCUT2D eigenvalue weighted by Crippen LogP contribution is 2.35. The van der Waals surface area contributed by atoms with Crippen molar-refractivity contribution in [1.29, 1.82) is 0 Å². The number of aliphatic imine (C=N–C) groups is 1. The number of hydrogen-bond acceptors (Lipinski definition) is 4. The summed E-state index contributed by atoms with van der Waals surface area (Å²) in [4.78, 5) is 4.26. The first-order valence-electron chi connectivity index (χ1n) is 9.15. The summed E-state index contributed by atoms with van der Waals surface area (Å²) in [5.74, 6) is 2.65. The maximum Gasteiger partial charge on any atom is 0.191 e. The lowest BCUT2D eigenvalue weighted by atomic mass is 10.1. The van der Waals surface area contributed by atoms with Gasteiger partial charge in [0.05, 0.1) is 6.61 Å². The molecule has 0 bridgehead atoms. The smallest absolute Gasteiger partial charge is 0.191 e. The minimum absolute atomic E-state index is 0. The molecular formula is C19H32IN3O3. The Morgan fingerprint density at radius 2 is 2.08 bits per heavy atom. The van der Waals surface area contributed by atoms with Gasteiger partial charge in [-0.15, -0.1) is 24.0 Å². The van der Waals surface area contributed by atoms with Crippen molar-refractivity contribution in [3.05, 3.63) is 23.3 Å². The molecule has 0 aromatic heterocycles. The van der Waals surface area contributed by atoms with Gasteiger partial charge in [-0.2, -0.15) is 0 Å². The highest BCUT2D eigenvalue weighted by molar-refractivity contribution is 14.0. The third-order valence-electron chi connectivity index (χ3n) is 4.01. The van der Waals surface area contributed by atoms with E-state index in [1.807, 2.05) is 13.8 Å². The Morgan fingerprint density at radius 3 is 2.77 bits per heavy atom. The van der Waals surface area contributed by atoms with Gasteiger partial charge in [0.2, 0.25) is 0 Å². The van der Waals surface area contributed by atoms with E-state index in [1.165, 1.54) is 5.56 Å². The molecule has 1 heterocycles. The van der Waals surface area contributed by atoms with Crippen LogP contribution in [-0.2, 0) is 17.7 Å². The highest BCUT2D eigenvalue weighted by atomic mass is 127. The van der Waals surface area contributed by atoms with Crippen molar-refractivity contribution in [3.63, 3.8) is 0 Å². The number of guanidine groups is 1. The molecule has 1 aliphatic rings. The Balaban J connectivity index is 0.00000338. The molecular weight excluding hydrogens is 445 g/mol. The molecule has 26 heavy (non-hydrogen) atoms. The fraction of sp³-hybridized carbons (Fsp3) is 0.632. The lowest BCUT2D eigenvalue weighted by molar-refractivity contribution is 0.145. The normalized spacial score (nSPS) is 15.7. The molecule has 148 valence electrons. The van der Waals surface area contributed by atoms with Crippen LogP contribution in [0, 0.1) is 0 Å². The Morgan fingerprint density at radius 1 is 1.27 bits per heavy atom. The maximum absolute atomic E-state index is 5.87.